The Kier molecular flexibility index (Phi) is 9.04. The molecule has 1 atom stereocenters. The zero-order chi connectivity index (χ0) is 24.9. The molecule has 0 saturated carbocycles. The van der Waals surface area contributed by atoms with Gasteiger partial charge in [-0.1, -0.05) is 40.2 Å². The van der Waals surface area contributed by atoms with E-state index >= 15 is 0 Å². The molecule has 0 bridgehead atoms. The molecule has 0 fully saturated rings. The van der Waals surface area contributed by atoms with Gasteiger partial charge in [-0.3, -0.25) is 9.59 Å². The van der Waals surface area contributed by atoms with Crippen LogP contribution in [-0.2, 0) is 26.3 Å². The maximum absolute atomic E-state index is 13.6. The number of halogens is 1. The van der Waals surface area contributed by atoms with Crippen molar-refractivity contribution in [3.8, 4) is 0 Å². The molecule has 0 aromatic heterocycles. The van der Waals surface area contributed by atoms with Crippen molar-refractivity contribution >= 4 is 43.6 Å². The number of hydrogen-bond acceptors (Lipinski definition) is 4. The first-order valence-corrected chi connectivity index (χ1v) is 12.6. The third kappa shape index (κ3) is 6.55. The standard InChI is InChI=1S/C23H31BrN4O4S/c1-16-10-11-17(2)21(12-16)28(33(31,32)26(5)6)15-22(29)27(18(3)23(30)25-4)14-19-8-7-9-20(24)13-19/h7-13,18H,14-15H2,1-6H3,(H,25,30)/t18-/m1/s1. The number of nitrogens with zero attached hydrogens (tertiary/aromatic N) is 3. The quantitative estimate of drug-likeness (QED) is 0.531. The van der Waals surface area contributed by atoms with Crippen LogP contribution >= 0.6 is 15.9 Å². The number of carbonyl (C=O) groups excluding carboxylic acids is 2. The van der Waals surface area contributed by atoms with Gasteiger partial charge in [0.05, 0.1) is 5.69 Å². The molecular formula is C23H31BrN4O4S. The van der Waals surface area contributed by atoms with E-state index in [0.29, 0.717) is 5.69 Å². The highest BCUT2D eigenvalue weighted by Gasteiger charge is 2.33. The van der Waals surface area contributed by atoms with Crippen LogP contribution < -0.4 is 9.62 Å². The molecule has 0 aliphatic carbocycles. The van der Waals surface area contributed by atoms with E-state index in [1.807, 2.05) is 43.3 Å². The van der Waals surface area contributed by atoms with Gasteiger partial charge in [0.15, 0.2) is 0 Å². The maximum Gasteiger partial charge on any atom is 0.304 e. The van der Waals surface area contributed by atoms with Crippen LogP contribution in [0.2, 0.25) is 0 Å². The molecule has 0 saturated heterocycles. The molecule has 8 nitrogen and oxygen atoms in total. The van der Waals surface area contributed by atoms with Gasteiger partial charge in [0, 0.05) is 32.2 Å². The van der Waals surface area contributed by atoms with Crippen LogP contribution in [-0.4, -0.2) is 63.2 Å². The fraction of sp³-hybridized carbons (Fsp3) is 0.391. The largest absolute Gasteiger partial charge is 0.357 e. The van der Waals surface area contributed by atoms with E-state index < -0.39 is 28.7 Å². The summed E-state index contributed by atoms with van der Waals surface area (Å²) in [6.45, 7) is 4.98. The Hall–Kier alpha value is -2.43. The molecule has 0 radical (unpaired) electrons. The molecule has 10 heteroatoms. The number of benzene rings is 2. The second-order valence-electron chi connectivity index (χ2n) is 8.03. The van der Waals surface area contributed by atoms with Crippen molar-refractivity contribution in [2.24, 2.45) is 0 Å². The Labute approximate surface area is 204 Å². The van der Waals surface area contributed by atoms with E-state index in [-0.39, 0.29) is 12.5 Å². The summed E-state index contributed by atoms with van der Waals surface area (Å²) < 4.78 is 29.4. The van der Waals surface area contributed by atoms with Gasteiger partial charge in [0.25, 0.3) is 0 Å². The van der Waals surface area contributed by atoms with Gasteiger partial charge < -0.3 is 10.2 Å². The molecule has 0 aliphatic rings. The summed E-state index contributed by atoms with van der Waals surface area (Å²) in [4.78, 5) is 27.4. The molecule has 0 spiro atoms. The molecule has 2 aromatic rings. The van der Waals surface area contributed by atoms with E-state index in [9.17, 15) is 18.0 Å². The SMILES string of the molecule is CNC(=O)[C@@H](C)N(Cc1cccc(Br)c1)C(=O)CN(c1cc(C)ccc1C)S(=O)(=O)N(C)C. The zero-order valence-corrected chi connectivity index (χ0v) is 22.2. The van der Waals surface area contributed by atoms with Crippen LogP contribution in [0, 0.1) is 13.8 Å². The minimum absolute atomic E-state index is 0.148. The number of carbonyl (C=O) groups is 2. The predicted octanol–water partition coefficient (Wildman–Crippen LogP) is 2.84. The highest BCUT2D eigenvalue weighted by atomic mass is 79.9. The molecule has 2 rings (SSSR count). The van der Waals surface area contributed by atoms with Crippen LogP contribution in [0.25, 0.3) is 0 Å². The van der Waals surface area contributed by atoms with Crippen molar-refractivity contribution in [1.82, 2.24) is 14.5 Å². The smallest absolute Gasteiger partial charge is 0.304 e. The van der Waals surface area contributed by atoms with E-state index in [1.54, 1.807) is 19.9 Å². The maximum atomic E-state index is 13.6. The lowest BCUT2D eigenvalue weighted by Crippen LogP contribution is -2.52. The average molecular weight is 539 g/mol. The van der Waals surface area contributed by atoms with Crippen LogP contribution in [0.3, 0.4) is 0 Å². The van der Waals surface area contributed by atoms with E-state index in [0.717, 1.165) is 29.8 Å². The first kappa shape index (κ1) is 26.8. The molecule has 0 heterocycles. The number of amides is 2. The molecular weight excluding hydrogens is 508 g/mol. The van der Waals surface area contributed by atoms with E-state index in [2.05, 4.69) is 21.2 Å². The molecule has 0 aliphatic heterocycles. The van der Waals surface area contributed by atoms with Gasteiger partial charge in [0.1, 0.15) is 12.6 Å². The van der Waals surface area contributed by atoms with E-state index in [1.165, 1.54) is 26.0 Å². The summed E-state index contributed by atoms with van der Waals surface area (Å²) in [7, 11) is 0.362. The third-order valence-electron chi connectivity index (χ3n) is 5.31. The van der Waals surface area contributed by atoms with Crippen LogP contribution in [0.4, 0.5) is 5.69 Å². The van der Waals surface area contributed by atoms with Crippen molar-refractivity contribution < 1.29 is 18.0 Å². The molecule has 0 unspecified atom stereocenters. The Morgan fingerprint density at radius 3 is 2.33 bits per heavy atom. The van der Waals surface area contributed by atoms with E-state index in [4.69, 9.17) is 0 Å². The number of likely N-dealkylation sites (N-methyl/N-ethyl adjacent to an activating group) is 1. The van der Waals surface area contributed by atoms with Crippen molar-refractivity contribution in [2.75, 3.05) is 32.0 Å². The summed E-state index contributed by atoms with van der Waals surface area (Å²) in [6.07, 6.45) is 0. The van der Waals surface area contributed by atoms with Crippen LogP contribution in [0.1, 0.15) is 23.6 Å². The average Bonchev–Trinajstić information content (AvgIpc) is 2.76. The second kappa shape index (κ2) is 11.1. The first-order valence-electron chi connectivity index (χ1n) is 10.4. The molecule has 1 N–H and O–H groups in total. The number of nitrogens with one attached hydrogen (secondary N) is 1. The van der Waals surface area contributed by atoms with Crippen molar-refractivity contribution in [2.45, 2.75) is 33.4 Å². The van der Waals surface area contributed by atoms with Gasteiger partial charge in [-0.15, -0.1) is 0 Å². The Morgan fingerprint density at radius 1 is 1.09 bits per heavy atom. The fourth-order valence-electron chi connectivity index (χ4n) is 3.31. The summed E-state index contributed by atoms with van der Waals surface area (Å²) in [5.74, 6) is -0.829. The highest BCUT2D eigenvalue weighted by Crippen LogP contribution is 2.26. The van der Waals surface area contributed by atoms with Crippen LogP contribution in [0.5, 0.6) is 0 Å². The van der Waals surface area contributed by atoms with Gasteiger partial charge >= 0.3 is 10.2 Å². The van der Waals surface area contributed by atoms with Crippen molar-refractivity contribution in [3.63, 3.8) is 0 Å². The summed E-state index contributed by atoms with van der Waals surface area (Å²) in [5.41, 5.74) is 2.82. The normalized spacial score (nSPS) is 12.4. The zero-order valence-electron chi connectivity index (χ0n) is 19.8. The van der Waals surface area contributed by atoms with Gasteiger partial charge in [-0.05, 0) is 55.7 Å². The lowest BCUT2D eigenvalue weighted by atomic mass is 10.1. The Morgan fingerprint density at radius 2 is 1.76 bits per heavy atom. The first-order chi connectivity index (χ1) is 15.4. The Bertz CT molecular complexity index is 1120. The lowest BCUT2D eigenvalue weighted by molar-refractivity contribution is -0.139. The van der Waals surface area contributed by atoms with Crippen LogP contribution in [0.15, 0.2) is 46.9 Å². The molecule has 2 aromatic carbocycles. The minimum Gasteiger partial charge on any atom is -0.357 e. The summed E-state index contributed by atoms with van der Waals surface area (Å²) in [6, 6.07) is 12.0. The lowest BCUT2D eigenvalue weighted by Gasteiger charge is -2.33. The topological polar surface area (TPSA) is 90.0 Å². The number of rotatable bonds is 9. The monoisotopic (exact) mass is 538 g/mol. The number of aryl methyl sites for hydroxylation is 2. The summed E-state index contributed by atoms with van der Waals surface area (Å²) in [5, 5.41) is 2.57. The third-order valence-corrected chi connectivity index (χ3v) is 7.61. The van der Waals surface area contributed by atoms with Gasteiger partial charge in [0.2, 0.25) is 11.8 Å². The minimum atomic E-state index is -3.98. The van der Waals surface area contributed by atoms with Gasteiger partial charge in [-0.2, -0.15) is 12.7 Å². The molecule has 2 amide bonds. The number of anilines is 1. The van der Waals surface area contributed by atoms with Crippen molar-refractivity contribution in [1.29, 1.82) is 0 Å². The highest BCUT2D eigenvalue weighted by molar-refractivity contribution is 9.10. The fourth-order valence-corrected chi connectivity index (χ4v) is 4.87. The molecule has 33 heavy (non-hydrogen) atoms. The predicted molar refractivity (Wildman–Crippen MR) is 134 cm³/mol. The summed E-state index contributed by atoms with van der Waals surface area (Å²) >= 11 is 3.42. The van der Waals surface area contributed by atoms with Gasteiger partial charge in [-0.25, -0.2) is 4.31 Å². The second-order valence-corrected chi connectivity index (χ2v) is 11.0. The van der Waals surface area contributed by atoms with Crippen molar-refractivity contribution in [3.05, 3.63) is 63.6 Å². The number of hydrogen-bond donors (Lipinski definition) is 1. The Balaban J connectivity index is 2.51. The molecule has 180 valence electrons.